The lowest BCUT2D eigenvalue weighted by molar-refractivity contribution is -0.141. The fourth-order valence-corrected chi connectivity index (χ4v) is 2.29. The molecule has 0 amide bonds. The van der Waals surface area contributed by atoms with E-state index in [1.165, 1.54) is 19.2 Å². The Hall–Kier alpha value is -2.26. The van der Waals surface area contributed by atoms with Crippen LogP contribution in [-0.2, 0) is 4.79 Å². The minimum atomic E-state index is -0.840. The monoisotopic (exact) mass is 262 g/mol. The lowest BCUT2D eigenvalue weighted by Gasteiger charge is -2.16. The third kappa shape index (κ3) is 2.46. The molecule has 1 saturated heterocycles. The van der Waals surface area contributed by atoms with Crippen molar-refractivity contribution in [1.82, 2.24) is 5.32 Å². The number of aromatic hydroxyl groups is 1. The van der Waals surface area contributed by atoms with Crippen LogP contribution >= 0.6 is 0 Å². The molecule has 1 heterocycles. The average Bonchev–Trinajstić information content (AvgIpc) is 2.88. The molecule has 2 atom stereocenters. The van der Waals surface area contributed by atoms with Gasteiger partial charge in [0.2, 0.25) is 0 Å². The van der Waals surface area contributed by atoms with E-state index in [9.17, 15) is 9.90 Å². The Labute approximate surface area is 110 Å². The van der Waals surface area contributed by atoms with Crippen molar-refractivity contribution in [2.75, 3.05) is 13.7 Å². The third-order valence-electron chi connectivity index (χ3n) is 3.32. The number of ether oxygens (including phenoxy) is 1. The molecule has 0 aromatic heterocycles. The van der Waals surface area contributed by atoms with Gasteiger partial charge in [-0.2, -0.15) is 5.26 Å². The van der Waals surface area contributed by atoms with Gasteiger partial charge in [-0.05, 0) is 12.5 Å². The second-order valence-corrected chi connectivity index (χ2v) is 4.45. The molecule has 1 aliphatic heterocycles. The molecule has 6 nitrogen and oxygen atoms in total. The van der Waals surface area contributed by atoms with Crippen molar-refractivity contribution in [3.05, 3.63) is 23.3 Å². The Morgan fingerprint density at radius 2 is 2.32 bits per heavy atom. The maximum atomic E-state index is 10.9. The predicted molar refractivity (Wildman–Crippen MR) is 65.9 cm³/mol. The van der Waals surface area contributed by atoms with Gasteiger partial charge in [0.15, 0.2) is 0 Å². The van der Waals surface area contributed by atoms with Gasteiger partial charge in [0.05, 0.1) is 18.6 Å². The first kappa shape index (κ1) is 13.2. The number of carboxylic acid groups (broad SMARTS) is 1. The number of nitrogens with zero attached hydrogens (tertiary/aromatic N) is 1. The highest BCUT2D eigenvalue weighted by atomic mass is 16.5. The van der Waals surface area contributed by atoms with E-state index in [1.807, 2.05) is 6.07 Å². The average molecular weight is 262 g/mol. The molecule has 1 aromatic rings. The van der Waals surface area contributed by atoms with Crippen molar-refractivity contribution < 1.29 is 19.7 Å². The van der Waals surface area contributed by atoms with Crippen LogP contribution in [0.1, 0.15) is 23.6 Å². The fraction of sp³-hybridized carbons (Fsp3) is 0.385. The summed E-state index contributed by atoms with van der Waals surface area (Å²) in [5.41, 5.74) is 0.844. The van der Waals surface area contributed by atoms with Gasteiger partial charge >= 0.3 is 5.97 Å². The summed E-state index contributed by atoms with van der Waals surface area (Å²) in [6, 6.07) is 4.62. The number of hydrogen-bond acceptors (Lipinski definition) is 5. The van der Waals surface area contributed by atoms with E-state index in [4.69, 9.17) is 15.1 Å². The third-order valence-corrected chi connectivity index (χ3v) is 3.32. The summed E-state index contributed by atoms with van der Waals surface area (Å²) in [6.45, 7) is 0.381. The maximum absolute atomic E-state index is 10.9. The van der Waals surface area contributed by atoms with Crippen LogP contribution in [0.15, 0.2) is 12.1 Å². The van der Waals surface area contributed by atoms with Crippen molar-refractivity contribution in [2.45, 2.75) is 12.5 Å². The van der Waals surface area contributed by atoms with Gasteiger partial charge in [0.1, 0.15) is 17.6 Å². The highest BCUT2D eigenvalue weighted by Gasteiger charge is 2.32. The summed E-state index contributed by atoms with van der Waals surface area (Å²) < 4.78 is 5.18. The zero-order valence-corrected chi connectivity index (χ0v) is 10.4. The topological polar surface area (TPSA) is 103 Å². The normalized spacial score (nSPS) is 21.9. The van der Waals surface area contributed by atoms with Crippen molar-refractivity contribution >= 4 is 5.97 Å². The summed E-state index contributed by atoms with van der Waals surface area (Å²) in [5, 5.41) is 30.6. The first-order chi connectivity index (χ1) is 9.06. The van der Waals surface area contributed by atoms with Gasteiger partial charge < -0.3 is 20.3 Å². The van der Waals surface area contributed by atoms with E-state index in [-0.39, 0.29) is 17.4 Å². The minimum absolute atomic E-state index is 0.143. The molecule has 0 saturated carbocycles. The Morgan fingerprint density at radius 1 is 1.58 bits per heavy atom. The molecule has 2 unspecified atom stereocenters. The number of benzene rings is 1. The number of phenols is 1. The Morgan fingerprint density at radius 3 is 2.84 bits per heavy atom. The SMILES string of the molecule is COc1cc(O)c(C#N)cc1C1CC(C(=O)O)CN1. The van der Waals surface area contributed by atoms with Crippen molar-refractivity contribution in [3.8, 4) is 17.6 Å². The van der Waals surface area contributed by atoms with Gasteiger partial charge in [0, 0.05) is 24.2 Å². The Bertz CT molecular complexity index is 550. The van der Waals surface area contributed by atoms with Gasteiger partial charge in [-0.3, -0.25) is 4.79 Å². The van der Waals surface area contributed by atoms with Crippen LogP contribution in [0.3, 0.4) is 0 Å². The summed E-state index contributed by atoms with van der Waals surface area (Å²) in [7, 11) is 1.47. The number of nitriles is 1. The summed E-state index contributed by atoms with van der Waals surface area (Å²) in [4.78, 5) is 10.9. The second-order valence-electron chi connectivity index (χ2n) is 4.45. The van der Waals surface area contributed by atoms with E-state index in [0.29, 0.717) is 24.3 Å². The summed E-state index contributed by atoms with van der Waals surface area (Å²) in [6.07, 6.45) is 0.432. The molecule has 1 aliphatic rings. The Kier molecular flexibility index (Phi) is 3.58. The van der Waals surface area contributed by atoms with Gasteiger partial charge in [-0.1, -0.05) is 0 Å². The van der Waals surface area contributed by atoms with Crippen molar-refractivity contribution in [3.63, 3.8) is 0 Å². The van der Waals surface area contributed by atoms with E-state index in [1.54, 1.807) is 0 Å². The molecule has 0 aliphatic carbocycles. The number of hydrogen-bond donors (Lipinski definition) is 3. The lowest BCUT2D eigenvalue weighted by Crippen LogP contribution is -2.17. The second kappa shape index (κ2) is 5.16. The van der Waals surface area contributed by atoms with Crippen molar-refractivity contribution in [2.24, 2.45) is 5.92 Å². The zero-order chi connectivity index (χ0) is 14.0. The number of carbonyl (C=O) groups is 1. The van der Waals surface area contributed by atoms with Gasteiger partial charge in [-0.15, -0.1) is 0 Å². The molecule has 1 aromatic carbocycles. The molecule has 0 radical (unpaired) electrons. The standard InChI is InChI=1S/C13H14N2O4/c1-19-12-4-11(16)7(5-14)2-9(12)10-3-8(6-15-10)13(17)18/h2,4,8,10,15-16H,3,6H2,1H3,(H,17,18). The molecule has 3 N–H and O–H groups in total. The molecular weight excluding hydrogens is 248 g/mol. The first-order valence-electron chi connectivity index (χ1n) is 5.84. The molecule has 19 heavy (non-hydrogen) atoms. The predicted octanol–water partition coefficient (Wildman–Crippen LogP) is 1.01. The molecule has 0 spiro atoms. The van der Waals surface area contributed by atoms with Gasteiger partial charge in [-0.25, -0.2) is 0 Å². The molecule has 100 valence electrons. The molecule has 0 bridgehead atoms. The molecular formula is C13H14N2O4. The smallest absolute Gasteiger partial charge is 0.307 e. The number of carboxylic acids is 1. The van der Waals surface area contributed by atoms with Crippen LogP contribution in [-0.4, -0.2) is 29.8 Å². The van der Waals surface area contributed by atoms with E-state index >= 15 is 0 Å². The Balaban J connectivity index is 2.34. The van der Waals surface area contributed by atoms with E-state index in [2.05, 4.69) is 5.32 Å². The minimum Gasteiger partial charge on any atom is -0.506 e. The van der Waals surface area contributed by atoms with Crippen LogP contribution in [0.5, 0.6) is 11.5 Å². The van der Waals surface area contributed by atoms with E-state index < -0.39 is 11.9 Å². The number of rotatable bonds is 3. The van der Waals surface area contributed by atoms with Crippen molar-refractivity contribution in [1.29, 1.82) is 5.26 Å². The van der Waals surface area contributed by atoms with Crippen LogP contribution in [0.2, 0.25) is 0 Å². The van der Waals surface area contributed by atoms with Crippen LogP contribution in [0.4, 0.5) is 0 Å². The highest BCUT2D eigenvalue weighted by molar-refractivity contribution is 5.71. The van der Waals surface area contributed by atoms with Crippen LogP contribution in [0, 0.1) is 17.2 Å². The van der Waals surface area contributed by atoms with Gasteiger partial charge in [0.25, 0.3) is 0 Å². The van der Waals surface area contributed by atoms with Crippen LogP contribution in [0.25, 0.3) is 0 Å². The quantitative estimate of drug-likeness (QED) is 0.751. The molecule has 1 fully saturated rings. The fourth-order valence-electron chi connectivity index (χ4n) is 2.29. The van der Waals surface area contributed by atoms with E-state index in [0.717, 1.165) is 0 Å². The highest BCUT2D eigenvalue weighted by Crippen LogP contribution is 2.36. The number of nitrogens with one attached hydrogen (secondary N) is 1. The largest absolute Gasteiger partial charge is 0.506 e. The molecule has 2 rings (SSSR count). The lowest BCUT2D eigenvalue weighted by atomic mass is 9.97. The molecule has 6 heteroatoms. The van der Waals surface area contributed by atoms with Crippen LogP contribution < -0.4 is 10.1 Å². The zero-order valence-electron chi connectivity index (χ0n) is 10.4. The first-order valence-corrected chi connectivity index (χ1v) is 5.84. The maximum Gasteiger partial charge on any atom is 0.307 e. The summed E-state index contributed by atoms with van der Waals surface area (Å²) >= 11 is 0. The number of phenolic OH excluding ortho intramolecular Hbond substituents is 1. The summed E-state index contributed by atoms with van der Waals surface area (Å²) in [5.74, 6) is -0.988. The number of methoxy groups -OCH3 is 1. The number of aliphatic carboxylic acids is 1.